The first-order chi connectivity index (χ1) is 14.0. The van der Waals surface area contributed by atoms with E-state index in [0.29, 0.717) is 16.1 Å². The average Bonchev–Trinajstić information content (AvgIpc) is 3.10. The number of nitrogens with one attached hydrogen (secondary N) is 1. The molecule has 0 radical (unpaired) electrons. The van der Waals surface area contributed by atoms with Crippen LogP contribution >= 0.6 is 11.6 Å². The summed E-state index contributed by atoms with van der Waals surface area (Å²) in [7, 11) is -4.00. The van der Waals surface area contributed by atoms with Crippen LogP contribution in [0.5, 0.6) is 0 Å². The lowest BCUT2D eigenvalue weighted by Gasteiger charge is -2.37. The lowest BCUT2D eigenvalue weighted by atomic mass is 9.87. The first kappa shape index (κ1) is 22.5. The maximum absolute atomic E-state index is 13.9. The van der Waals surface area contributed by atoms with Crippen LogP contribution in [0.1, 0.15) is 37.9 Å². The lowest BCUT2D eigenvalue weighted by Crippen LogP contribution is -2.45. The Bertz CT molecular complexity index is 1090. The van der Waals surface area contributed by atoms with Crippen LogP contribution in [0.15, 0.2) is 65.1 Å². The number of benzene rings is 2. The number of carbonyl (C=O) groups is 1. The summed E-state index contributed by atoms with van der Waals surface area (Å²) < 4.78 is 29.1. The van der Waals surface area contributed by atoms with Crippen molar-refractivity contribution in [2.75, 3.05) is 0 Å². The number of nitrogens with zero attached hydrogens (tertiary/aromatic N) is 1. The molecule has 30 heavy (non-hydrogen) atoms. The van der Waals surface area contributed by atoms with Crippen molar-refractivity contribution in [1.82, 2.24) is 9.79 Å². The summed E-state index contributed by atoms with van der Waals surface area (Å²) in [5, 5.41) is 9.81. The first-order valence-corrected chi connectivity index (χ1v) is 11.3. The van der Waals surface area contributed by atoms with Gasteiger partial charge in [-0.15, -0.1) is 0 Å². The normalized spacial score (nSPS) is 20.1. The van der Waals surface area contributed by atoms with Gasteiger partial charge in [-0.2, -0.15) is 4.31 Å². The zero-order valence-corrected chi connectivity index (χ0v) is 18.8. The smallest absolute Gasteiger partial charge is 0.272 e. The van der Waals surface area contributed by atoms with Gasteiger partial charge in [0.2, 0.25) is 10.0 Å². The summed E-state index contributed by atoms with van der Waals surface area (Å²) in [6.45, 7) is 7.47. The third-order valence-corrected chi connectivity index (χ3v) is 7.51. The van der Waals surface area contributed by atoms with Gasteiger partial charge in [0, 0.05) is 16.6 Å². The molecule has 0 saturated carbocycles. The van der Waals surface area contributed by atoms with Crippen molar-refractivity contribution in [3.05, 3.63) is 76.3 Å². The molecular formula is C22H25ClN2O4S. The number of amides is 1. The van der Waals surface area contributed by atoms with Crippen LogP contribution in [0.2, 0.25) is 5.02 Å². The third kappa shape index (κ3) is 4.03. The molecule has 0 fully saturated rings. The topological polar surface area (TPSA) is 86.7 Å². The fraction of sp³-hybridized carbons (Fsp3) is 0.318. The highest BCUT2D eigenvalue weighted by Crippen LogP contribution is 2.46. The molecular weight excluding hydrogens is 424 g/mol. The minimum absolute atomic E-state index is 0.164. The van der Waals surface area contributed by atoms with Crippen molar-refractivity contribution in [2.45, 2.75) is 44.7 Å². The molecule has 8 heteroatoms. The Morgan fingerprint density at radius 2 is 1.70 bits per heavy atom. The number of hydroxylamine groups is 1. The predicted molar refractivity (Wildman–Crippen MR) is 116 cm³/mol. The third-order valence-electron chi connectivity index (χ3n) is 5.25. The molecule has 2 aromatic carbocycles. The molecule has 1 heterocycles. The van der Waals surface area contributed by atoms with Crippen molar-refractivity contribution in [3.8, 4) is 0 Å². The molecule has 1 aliphatic heterocycles. The molecule has 6 nitrogen and oxygen atoms in total. The maximum atomic E-state index is 13.9. The minimum Gasteiger partial charge on any atom is -0.288 e. The highest BCUT2D eigenvalue weighted by Gasteiger charge is 2.49. The van der Waals surface area contributed by atoms with Gasteiger partial charge in [0.25, 0.3) is 5.91 Å². The van der Waals surface area contributed by atoms with Gasteiger partial charge in [-0.1, -0.05) is 68.8 Å². The van der Waals surface area contributed by atoms with E-state index in [0.717, 1.165) is 0 Å². The quantitative estimate of drug-likeness (QED) is 0.541. The number of hydrogen-bond donors (Lipinski definition) is 2. The Hall–Kier alpha value is -2.19. The van der Waals surface area contributed by atoms with Gasteiger partial charge in [0.05, 0.1) is 10.9 Å². The fourth-order valence-electron chi connectivity index (χ4n) is 3.75. The summed E-state index contributed by atoms with van der Waals surface area (Å²) >= 11 is 6.02. The van der Waals surface area contributed by atoms with Gasteiger partial charge < -0.3 is 0 Å². The molecule has 2 atom stereocenters. The van der Waals surface area contributed by atoms with E-state index in [4.69, 9.17) is 11.6 Å². The summed E-state index contributed by atoms with van der Waals surface area (Å²) in [6.07, 6.45) is 1.63. The number of carbonyl (C=O) groups excluding carboxylic acids is 1. The molecule has 0 aromatic heterocycles. The van der Waals surface area contributed by atoms with Crippen LogP contribution in [-0.2, 0) is 14.8 Å². The summed E-state index contributed by atoms with van der Waals surface area (Å²) in [6, 6.07) is 11.9. The lowest BCUT2D eigenvalue weighted by molar-refractivity contribution is -0.125. The summed E-state index contributed by atoms with van der Waals surface area (Å²) in [5.41, 5.74) is 2.50. The van der Waals surface area contributed by atoms with Crippen molar-refractivity contribution < 1.29 is 18.4 Å². The maximum Gasteiger partial charge on any atom is 0.272 e. The molecule has 1 aliphatic rings. The van der Waals surface area contributed by atoms with Crippen molar-refractivity contribution in [2.24, 2.45) is 5.41 Å². The Balaban J connectivity index is 2.28. The molecule has 160 valence electrons. The predicted octanol–water partition coefficient (Wildman–Crippen LogP) is 4.24. The molecule has 0 unspecified atom stereocenters. The van der Waals surface area contributed by atoms with Crippen LogP contribution in [0, 0.1) is 12.3 Å². The second-order valence-corrected chi connectivity index (χ2v) is 10.7. The Morgan fingerprint density at radius 3 is 2.23 bits per heavy atom. The van der Waals surface area contributed by atoms with E-state index in [9.17, 15) is 18.4 Å². The zero-order chi connectivity index (χ0) is 22.3. The Kier molecular flexibility index (Phi) is 6.11. The summed E-state index contributed by atoms with van der Waals surface area (Å²) in [5.74, 6) is -0.744. The van der Waals surface area contributed by atoms with E-state index in [1.165, 1.54) is 4.31 Å². The molecule has 0 spiro atoms. The van der Waals surface area contributed by atoms with Crippen LogP contribution in [-0.4, -0.2) is 29.9 Å². The zero-order valence-electron chi connectivity index (χ0n) is 17.3. The van der Waals surface area contributed by atoms with Gasteiger partial charge in [0.15, 0.2) is 0 Å². The monoisotopic (exact) mass is 448 g/mol. The number of sulfonamides is 1. The van der Waals surface area contributed by atoms with Crippen molar-refractivity contribution >= 4 is 27.5 Å². The van der Waals surface area contributed by atoms with E-state index < -0.39 is 33.4 Å². The van der Waals surface area contributed by atoms with Gasteiger partial charge in [-0.3, -0.25) is 10.0 Å². The highest BCUT2D eigenvalue weighted by molar-refractivity contribution is 7.89. The number of halogens is 1. The number of aryl methyl sites for hydroxylation is 1. The SMILES string of the molecule is Cc1ccccc1S(=O)(=O)N1[C@@H](c2ccc(Cl)cc2)C(C(=O)NO)=C[C@H]1C(C)(C)C. The van der Waals surface area contributed by atoms with E-state index in [1.807, 2.05) is 20.8 Å². The molecule has 1 amide bonds. The second-order valence-electron chi connectivity index (χ2n) is 8.43. The van der Waals surface area contributed by atoms with Crippen LogP contribution in [0.25, 0.3) is 0 Å². The largest absolute Gasteiger partial charge is 0.288 e. The van der Waals surface area contributed by atoms with E-state index in [1.54, 1.807) is 67.0 Å². The Morgan fingerprint density at radius 1 is 1.10 bits per heavy atom. The van der Waals surface area contributed by atoms with Crippen LogP contribution < -0.4 is 5.48 Å². The number of hydrogen-bond acceptors (Lipinski definition) is 4. The minimum atomic E-state index is -4.00. The molecule has 3 rings (SSSR count). The van der Waals surface area contributed by atoms with Gasteiger partial charge >= 0.3 is 0 Å². The van der Waals surface area contributed by atoms with Crippen LogP contribution in [0.4, 0.5) is 0 Å². The molecule has 0 saturated heterocycles. The fourth-order valence-corrected chi connectivity index (χ4v) is 6.02. The van der Waals surface area contributed by atoms with Gasteiger partial charge in [-0.05, 0) is 41.7 Å². The molecule has 2 aromatic rings. The first-order valence-electron chi connectivity index (χ1n) is 9.49. The van der Waals surface area contributed by atoms with Crippen molar-refractivity contribution in [1.29, 1.82) is 0 Å². The molecule has 0 aliphatic carbocycles. The van der Waals surface area contributed by atoms with E-state index >= 15 is 0 Å². The standard InChI is InChI=1S/C22H25ClN2O4S/c1-14-7-5-6-8-18(14)30(28,29)25-19(22(2,3)4)13-17(21(26)24-27)20(25)15-9-11-16(23)12-10-15/h5-13,19-20,27H,1-4H3,(H,24,26)/t19-,20-/m0/s1. The number of rotatable bonds is 4. The molecule has 0 bridgehead atoms. The van der Waals surface area contributed by atoms with Crippen LogP contribution in [0.3, 0.4) is 0 Å². The average molecular weight is 449 g/mol. The van der Waals surface area contributed by atoms with E-state index in [2.05, 4.69) is 0 Å². The van der Waals surface area contributed by atoms with Gasteiger partial charge in [-0.25, -0.2) is 13.9 Å². The molecule has 2 N–H and O–H groups in total. The van der Waals surface area contributed by atoms with Crippen molar-refractivity contribution in [3.63, 3.8) is 0 Å². The van der Waals surface area contributed by atoms with Gasteiger partial charge in [0.1, 0.15) is 0 Å². The van der Waals surface area contributed by atoms with E-state index in [-0.39, 0.29) is 10.5 Å². The summed E-state index contributed by atoms with van der Waals surface area (Å²) in [4.78, 5) is 12.7. The highest BCUT2D eigenvalue weighted by atomic mass is 35.5. The second kappa shape index (κ2) is 8.15. The Labute approximate surface area is 182 Å².